The number of aromatic nitrogens is 4. The van der Waals surface area contributed by atoms with Gasteiger partial charge in [-0.25, -0.2) is 0 Å². The molecule has 406 valence electrons. The van der Waals surface area contributed by atoms with Crippen molar-refractivity contribution in [2.45, 2.75) is 0 Å². The minimum absolute atomic E-state index is 0.417. The first-order valence-electron chi connectivity index (χ1n) is 29.5. The number of hydrogen-bond acceptors (Lipinski definition) is 4. The standard InChI is InChI=1S/C80H44N6S2/c81-45-63-74(84-67-31-15-9-25-53(67)54-26-10-16-32-68(54)84)76(86-70-42-36-50(48-21-5-2-6-22-48)44-62(70)58-38-40-60-56-28-12-18-34-72(56)88-80(60)78(58)86)64(46-82)73(83-65-29-13-7-23-51(65)52-24-8-14-30-66(52)83)75(63)85-69-41-35-49(47-19-3-1-4-20-47)43-61(69)57-37-39-59-55-27-11-17-33-71(55)87-79(59)77(57)85/h1-44H. The fraction of sp³-hybridized carbons (Fsp3) is 0. The largest absolute Gasteiger partial charge is 0.306 e. The zero-order chi connectivity index (χ0) is 57.9. The van der Waals surface area contributed by atoms with E-state index in [9.17, 15) is 10.5 Å². The van der Waals surface area contributed by atoms with Gasteiger partial charge in [-0.2, -0.15) is 10.5 Å². The van der Waals surface area contributed by atoms with Gasteiger partial charge in [-0.05, 0) is 82.9 Å². The summed E-state index contributed by atoms with van der Waals surface area (Å²) in [5, 5.41) is 39.4. The summed E-state index contributed by atoms with van der Waals surface area (Å²) in [6.07, 6.45) is 0. The molecule has 0 aliphatic carbocycles. The summed E-state index contributed by atoms with van der Waals surface area (Å²) in [7, 11) is 0. The molecule has 0 radical (unpaired) electrons. The lowest BCUT2D eigenvalue weighted by atomic mass is 9.98. The minimum Gasteiger partial charge on any atom is -0.306 e. The molecule has 19 aromatic rings. The van der Waals surface area contributed by atoms with Crippen LogP contribution >= 0.6 is 22.7 Å². The van der Waals surface area contributed by atoms with E-state index < -0.39 is 0 Å². The Labute approximate surface area is 510 Å². The lowest BCUT2D eigenvalue weighted by molar-refractivity contribution is 1.03. The maximum atomic E-state index is 13.2. The van der Waals surface area contributed by atoms with E-state index in [0.29, 0.717) is 33.9 Å². The van der Waals surface area contributed by atoms with E-state index in [-0.39, 0.29) is 0 Å². The third-order valence-corrected chi connectivity index (χ3v) is 20.8. The number of fused-ring (bicyclic) bond motifs is 20. The molecule has 0 unspecified atom stereocenters. The van der Waals surface area contributed by atoms with Gasteiger partial charge >= 0.3 is 0 Å². The number of para-hydroxylation sites is 4. The molecule has 0 fully saturated rings. The molecular weight excluding hydrogens is 1110 g/mol. The molecule has 0 bridgehead atoms. The van der Waals surface area contributed by atoms with Crippen LogP contribution in [0.1, 0.15) is 11.1 Å². The molecule has 0 aliphatic heterocycles. The van der Waals surface area contributed by atoms with Gasteiger partial charge < -0.3 is 18.3 Å². The van der Waals surface area contributed by atoms with Crippen molar-refractivity contribution in [3.05, 3.63) is 278 Å². The maximum absolute atomic E-state index is 13.2. The first-order valence-corrected chi connectivity index (χ1v) is 31.2. The van der Waals surface area contributed by atoms with Crippen LogP contribution in [-0.2, 0) is 0 Å². The van der Waals surface area contributed by atoms with Crippen LogP contribution in [0.2, 0.25) is 0 Å². The highest BCUT2D eigenvalue weighted by Gasteiger charge is 2.36. The second-order valence-electron chi connectivity index (χ2n) is 22.8. The number of nitrogens with zero attached hydrogens (tertiary/aromatic N) is 6. The first-order chi connectivity index (χ1) is 43.6. The highest BCUT2D eigenvalue weighted by molar-refractivity contribution is 7.27. The summed E-state index contributed by atoms with van der Waals surface area (Å²) in [5.41, 5.74) is 15.1. The third kappa shape index (κ3) is 6.62. The van der Waals surface area contributed by atoms with Gasteiger partial charge in [0.05, 0.1) is 76.3 Å². The van der Waals surface area contributed by atoms with Gasteiger partial charge in [0.25, 0.3) is 0 Å². The molecule has 13 aromatic carbocycles. The van der Waals surface area contributed by atoms with Crippen molar-refractivity contribution in [3.8, 4) is 57.1 Å². The Morgan fingerprint density at radius 1 is 0.239 bits per heavy atom. The van der Waals surface area contributed by atoms with Gasteiger partial charge in [0.2, 0.25) is 0 Å². The average Bonchev–Trinajstić information content (AvgIpc) is 1.47. The lowest BCUT2D eigenvalue weighted by Crippen LogP contribution is -2.16. The van der Waals surface area contributed by atoms with Crippen LogP contribution in [0.3, 0.4) is 0 Å². The number of benzene rings is 13. The Morgan fingerprint density at radius 3 is 0.920 bits per heavy atom. The quantitative estimate of drug-likeness (QED) is 0.166. The number of nitriles is 2. The fourth-order valence-corrected chi connectivity index (χ4v) is 17.2. The molecule has 0 saturated carbocycles. The highest BCUT2D eigenvalue weighted by atomic mass is 32.1. The van der Waals surface area contributed by atoms with Gasteiger partial charge in [0.1, 0.15) is 23.3 Å². The van der Waals surface area contributed by atoms with Crippen LogP contribution in [-0.4, -0.2) is 18.3 Å². The predicted octanol–water partition coefficient (Wildman–Crippen LogP) is 21.9. The van der Waals surface area contributed by atoms with E-state index in [2.05, 4.69) is 297 Å². The van der Waals surface area contributed by atoms with E-state index in [1.165, 1.54) is 20.2 Å². The summed E-state index contributed by atoms with van der Waals surface area (Å²) in [4.78, 5) is 0. The SMILES string of the molecule is N#Cc1c(-n2c3ccccc3c3ccccc32)c(-n2c3ccc(-c4ccccc4)cc3c3ccc4c5ccccc5sc4c32)c(C#N)c(-n2c3ccccc3c3ccccc32)c1-n1c2ccc(-c3ccccc3)cc2c2ccc3c4ccccc4sc3c21. The van der Waals surface area contributed by atoms with Crippen LogP contribution in [0, 0.1) is 22.7 Å². The van der Waals surface area contributed by atoms with Gasteiger partial charge in [-0.15, -0.1) is 22.7 Å². The summed E-state index contributed by atoms with van der Waals surface area (Å²) in [5.74, 6) is 0. The average molecular weight is 1150 g/mol. The third-order valence-electron chi connectivity index (χ3n) is 18.4. The van der Waals surface area contributed by atoms with Gasteiger partial charge in [0.15, 0.2) is 0 Å². The molecule has 6 nitrogen and oxygen atoms in total. The Bertz CT molecular complexity index is 5840. The molecule has 8 heteroatoms. The zero-order valence-electron chi connectivity index (χ0n) is 46.9. The second kappa shape index (κ2) is 18.5. The van der Waals surface area contributed by atoms with Crippen LogP contribution in [0.15, 0.2) is 267 Å². The van der Waals surface area contributed by atoms with Crippen molar-refractivity contribution in [1.82, 2.24) is 18.3 Å². The van der Waals surface area contributed by atoms with Crippen LogP contribution in [0.25, 0.3) is 173 Å². The van der Waals surface area contributed by atoms with Crippen molar-refractivity contribution in [2.75, 3.05) is 0 Å². The minimum atomic E-state index is 0.417. The smallest absolute Gasteiger partial charge is 0.104 e. The zero-order valence-corrected chi connectivity index (χ0v) is 48.5. The van der Waals surface area contributed by atoms with Crippen molar-refractivity contribution < 1.29 is 0 Å². The van der Waals surface area contributed by atoms with E-state index in [1.54, 1.807) is 22.7 Å². The molecule has 0 spiro atoms. The van der Waals surface area contributed by atoms with E-state index in [4.69, 9.17) is 0 Å². The molecule has 0 saturated heterocycles. The Morgan fingerprint density at radius 2 is 0.545 bits per heavy atom. The van der Waals surface area contributed by atoms with E-state index in [0.717, 1.165) is 130 Å². The first kappa shape index (κ1) is 48.8. The fourth-order valence-electron chi connectivity index (χ4n) is 14.8. The van der Waals surface area contributed by atoms with Crippen LogP contribution in [0.5, 0.6) is 0 Å². The van der Waals surface area contributed by atoms with Crippen LogP contribution in [0.4, 0.5) is 0 Å². The molecule has 19 rings (SSSR count). The topological polar surface area (TPSA) is 67.3 Å². The molecule has 0 N–H and O–H groups in total. The summed E-state index contributed by atoms with van der Waals surface area (Å²) >= 11 is 3.55. The van der Waals surface area contributed by atoms with Crippen molar-refractivity contribution in [2.24, 2.45) is 0 Å². The van der Waals surface area contributed by atoms with Crippen molar-refractivity contribution >= 4 is 150 Å². The Kier molecular flexibility index (Phi) is 10.3. The molecule has 0 atom stereocenters. The van der Waals surface area contributed by atoms with Crippen molar-refractivity contribution in [1.29, 1.82) is 10.5 Å². The highest BCUT2D eigenvalue weighted by Crippen LogP contribution is 2.52. The maximum Gasteiger partial charge on any atom is 0.104 e. The van der Waals surface area contributed by atoms with Gasteiger partial charge in [0, 0.05) is 74.0 Å². The molecular formula is C80H44N6S2. The predicted molar refractivity (Wildman–Crippen MR) is 370 cm³/mol. The molecule has 6 heterocycles. The van der Waals surface area contributed by atoms with E-state index >= 15 is 0 Å². The summed E-state index contributed by atoms with van der Waals surface area (Å²) < 4.78 is 13.9. The normalized spacial score (nSPS) is 12.1. The molecule has 0 aliphatic rings. The molecule has 88 heavy (non-hydrogen) atoms. The van der Waals surface area contributed by atoms with Crippen LogP contribution < -0.4 is 0 Å². The molecule has 6 aromatic heterocycles. The Balaban J connectivity index is 1.11. The Hall–Kier alpha value is -11.5. The second-order valence-corrected chi connectivity index (χ2v) is 25.0. The number of hydrogen-bond donors (Lipinski definition) is 0. The van der Waals surface area contributed by atoms with E-state index in [1.807, 2.05) is 0 Å². The summed E-state index contributed by atoms with van der Waals surface area (Å²) in [6.45, 7) is 0. The number of thiophene rings is 2. The number of rotatable bonds is 6. The van der Waals surface area contributed by atoms with Crippen molar-refractivity contribution in [3.63, 3.8) is 0 Å². The monoisotopic (exact) mass is 1150 g/mol. The lowest BCUT2D eigenvalue weighted by Gasteiger charge is -2.27. The van der Waals surface area contributed by atoms with Gasteiger partial charge in [-0.1, -0.05) is 206 Å². The molecule has 0 amide bonds. The van der Waals surface area contributed by atoms with Gasteiger partial charge in [-0.3, -0.25) is 0 Å². The summed E-state index contributed by atoms with van der Waals surface area (Å²) in [6, 6.07) is 101.